The summed E-state index contributed by atoms with van der Waals surface area (Å²) in [5.74, 6) is 0. The zero-order chi connectivity index (χ0) is 17.9. The van der Waals surface area contributed by atoms with E-state index < -0.39 is 0 Å². The molecule has 0 bridgehead atoms. The van der Waals surface area contributed by atoms with Crippen molar-refractivity contribution in [1.29, 1.82) is 0 Å². The molecule has 26 heavy (non-hydrogen) atoms. The Morgan fingerprint density at radius 1 is 1.15 bits per heavy atom. The van der Waals surface area contributed by atoms with E-state index in [0.717, 1.165) is 16.8 Å². The normalized spacial score (nSPS) is 15.6. The Bertz CT molecular complexity index is 943. The third-order valence-corrected chi connectivity index (χ3v) is 5.42. The van der Waals surface area contributed by atoms with Gasteiger partial charge in [-0.2, -0.15) is 0 Å². The number of aromatic nitrogens is 1. The molecule has 1 aromatic carbocycles. The van der Waals surface area contributed by atoms with Gasteiger partial charge in [0, 0.05) is 29.9 Å². The summed E-state index contributed by atoms with van der Waals surface area (Å²) in [4.78, 5) is 19.7. The third-order valence-electron chi connectivity index (χ3n) is 5.42. The van der Waals surface area contributed by atoms with E-state index in [1.807, 2.05) is 36.4 Å². The Labute approximate surface area is 153 Å². The predicted molar refractivity (Wildman–Crippen MR) is 104 cm³/mol. The van der Waals surface area contributed by atoms with E-state index in [0.29, 0.717) is 23.6 Å². The minimum atomic E-state index is 0.0618. The number of hydrogen-bond donors (Lipinski definition) is 0. The maximum Gasteiger partial charge on any atom is 0.197 e. The van der Waals surface area contributed by atoms with Gasteiger partial charge < -0.3 is 4.42 Å². The fourth-order valence-corrected chi connectivity index (χ4v) is 3.89. The molecule has 0 spiro atoms. The van der Waals surface area contributed by atoms with Crippen LogP contribution >= 0.6 is 0 Å². The molecule has 4 heteroatoms. The van der Waals surface area contributed by atoms with Crippen LogP contribution in [0.3, 0.4) is 0 Å². The standard InChI is InChI=1S/C22H24N2O2/c1-24(18-7-3-2-4-8-18)14-17-15-26-21-11-10-16(13-19(21)22(17)25)20-9-5-6-12-23-20/h5-6,9-13,15,18H,2-4,7-8,14H2,1H3. The molecular weight excluding hydrogens is 324 g/mol. The largest absolute Gasteiger partial charge is 0.464 e. The van der Waals surface area contributed by atoms with Gasteiger partial charge in [0.15, 0.2) is 5.43 Å². The molecule has 2 heterocycles. The average molecular weight is 348 g/mol. The van der Waals surface area contributed by atoms with Crippen LogP contribution in [-0.4, -0.2) is 23.0 Å². The molecule has 134 valence electrons. The van der Waals surface area contributed by atoms with Crippen molar-refractivity contribution < 1.29 is 4.42 Å². The first-order chi connectivity index (χ1) is 12.7. The second kappa shape index (κ2) is 7.42. The summed E-state index contributed by atoms with van der Waals surface area (Å²) >= 11 is 0. The molecule has 1 saturated carbocycles. The minimum Gasteiger partial charge on any atom is -0.464 e. The molecular formula is C22H24N2O2. The van der Waals surface area contributed by atoms with Crippen molar-refractivity contribution >= 4 is 11.0 Å². The van der Waals surface area contributed by atoms with Crippen molar-refractivity contribution in [2.75, 3.05) is 7.05 Å². The molecule has 1 aliphatic carbocycles. The lowest BCUT2D eigenvalue weighted by Gasteiger charge is -2.30. The molecule has 0 radical (unpaired) electrons. The zero-order valence-corrected chi connectivity index (χ0v) is 15.1. The minimum absolute atomic E-state index is 0.0618. The van der Waals surface area contributed by atoms with E-state index in [1.54, 1.807) is 12.5 Å². The van der Waals surface area contributed by atoms with Gasteiger partial charge in [0.1, 0.15) is 5.58 Å². The molecule has 0 N–H and O–H groups in total. The van der Waals surface area contributed by atoms with E-state index in [4.69, 9.17) is 4.42 Å². The lowest BCUT2D eigenvalue weighted by molar-refractivity contribution is 0.183. The van der Waals surface area contributed by atoms with Crippen LogP contribution in [0.4, 0.5) is 0 Å². The van der Waals surface area contributed by atoms with Crippen molar-refractivity contribution in [3.05, 3.63) is 64.6 Å². The van der Waals surface area contributed by atoms with Crippen LogP contribution in [0.15, 0.2) is 58.1 Å². The second-order valence-electron chi connectivity index (χ2n) is 7.22. The van der Waals surface area contributed by atoms with E-state index in [2.05, 4.69) is 16.9 Å². The van der Waals surface area contributed by atoms with Crippen molar-refractivity contribution in [3.63, 3.8) is 0 Å². The maximum absolute atomic E-state index is 13.0. The summed E-state index contributed by atoms with van der Waals surface area (Å²) in [7, 11) is 2.12. The molecule has 4 rings (SSSR count). The number of rotatable bonds is 4. The number of fused-ring (bicyclic) bond motifs is 1. The average Bonchev–Trinajstić information content (AvgIpc) is 2.71. The van der Waals surface area contributed by atoms with E-state index in [9.17, 15) is 4.79 Å². The van der Waals surface area contributed by atoms with Crippen LogP contribution in [0.2, 0.25) is 0 Å². The molecule has 0 amide bonds. The van der Waals surface area contributed by atoms with Gasteiger partial charge in [-0.1, -0.05) is 25.3 Å². The predicted octanol–water partition coefficient (Wildman–Crippen LogP) is 4.62. The Morgan fingerprint density at radius 2 is 2.00 bits per heavy atom. The molecule has 1 aliphatic rings. The van der Waals surface area contributed by atoms with Crippen molar-refractivity contribution in [3.8, 4) is 11.3 Å². The maximum atomic E-state index is 13.0. The zero-order valence-electron chi connectivity index (χ0n) is 15.1. The summed E-state index contributed by atoms with van der Waals surface area (Å²) in [5, 5.41) is 0.627. The first kappa shape index (κ1) is 17.0. The molecule has 4 nitrogen and oxygen atoms in total. The van der Waals surface area contributed by atoms with Gasteiger partial charge in [-0.05, 0) is 50.2 Å². The van der Waals surface area contributed by atoms with Crippen molar-refractivity contribution in [1.82, 2.24) is 9.88 Å². The Morgan fingerprint density at radius 3 is 2.77 bits per heavy atom. The number of pyridine rings is 1. The Balaban J connectivity index is 1.66. The Hall–Kier alpha value is -2.46. The van der Waals surface area contributed by atoms with E-state index >= 15 is 0 Å². The topological polar surface area (TPSA) is 46.3 Å². The molecule has 0 aliphatic heterocycles. The van der Waals surface area contributed by atoms with Gasteiger partial charge in [-0.25, -0.2) is 0 Å². The third kappa shape index (κ3) is 3.42. The first-order valence-corrected chi connectivity index (χ1v) is 9.38. The monoisotopic (exact) mass is 348 g/mol. The fourth-order valence-electron chi connectivity index (χ4n) is 3.89. The van der Waals surface area contributed by atoms with Gasteiger partial charge in [0.25, 0.3) is 0 Å². The van der Waals surface area contributed by atoms with E-state index in [-0.39, 0.29) is 5.43 Å². The lowest BCUT2D eigenvalue weighted by atomic mass is 9.94. The van der Waals surface area contributed by atoms with Crippen LogP contribution in [0.1, 0.15) is 37.7 Å². The van der Waals surface area contributed by atoms with E-state index in [1.165, 1.54) is 32.1 Å². The van der Waals surface area contributed by atoms with Crippen LogP contribution < -0.4 is 5.43 Å². The van der Waals surface area contributed by atoms with Gasteiger partial charge >= 0.3 is 0 Å². The molecule has 0 unspecified atom stereocenters. The van der Waals surface area contributed by atoms with Gasteiger partial charge in [0.05, 0.1) is 17.3 Å². The highest BCUT2D eigenvalue weighted by Gasteiger charge is 2.19. The van der Waals surface area contributed by atoms with Crippen molar-refractivity contribution in [2.24, 2.45) is 0 Å². The highest BCUT2D eigenvalue weighted by atomic mass is 16.3. The summed E-state index contributed by atoms with van der Waals surface area (Å²) in [6.45, 7) is 0.636. The van der Waals surface area contributed by atoms with Crippen LogP contribution in [-0.2, 0) is 6.54 Å². The smallest absolute Gasteiger partial charge is 0.197 e. The van der Waals surface area contributed by atoms with Crippen LogP contribution in [0, 0.1) is 0 Å². The summed E-state index contributed by atoms with van der Waals surface area (Å²) in [5.41, 5.74) is 3.20. The summed E-state index contributed by atoms with van der Waals surface area (Å²) in [6.07, 6.45) is 9.74. The van der Waals surface area contributed by atoms with Gasteiger partial charge in [-0.15, -0.1) is 0 Å². The number of nitrogens with zero attached hydrogens (tertiary/aromatic N) is 2. The molecule has 2 aromatic heterocycles. The summed E-state index contributed by atoms with van der Waals surface area (Å²) in [6, 6.07) is 12.1. The molecule has 0 atom stereocenters. The molecule has 3 aromatic rings. The van der Waals surface area contributed by atoms with Gasteiger partial charge in [-0.3, -0.25) is 14.7 Å². The second-order valence-corrected chi connectivity index (χ2v) is 7.22. The van der Waals surface area contributed by atoms with Gasteiger partial charge in [0.2, 0.25) is 0 Å². The fraction of sp³-hybridized carbons (Fsp3) is 0.364. The number of benzene rings is 1. The molecule has 0 saturated heterocycles. The SMILES string of the molecule is CN(Cc1coc2ccc(-c3ccccn3)cc2c1=O)C1CCCCC1. The Kier molecular flexibility index (Phi) is 4.85. The molecule has 1 fully saturated rings. The summed E-state index contributed by atoms with van der Waals surface area (Å²) < 4.78 is 5.76. The highest BCUT2D eigenvalue weighted by molar-refractivity contribution is 5.82. The first-order valence-electron chi connectivity index (χ1n) is 9.38. The van der Waals surface area contributed by atoms with Crippen molar-refractivity contribution in [2.45, 2.75) is 44.7 Å². The lowest BCUT2D eigenvalue weighted by Crippen LogP contribution is -2.34. The van der Waals surface area contributed by atoms with Crippen LogP contribution in [0.5, 0.6) is 0 Å². The number of hydrogen-bond acceptors (Lipinski definition) is 4. The quantitative estimate of drug-likeness (QED) is 0.690. The van der Waals surface area contributed by atoms with Crippen LogP contribution in [0.25, 0.3) is 22.2 Å². The highest BCUT2D eigenvalue weighted by Crippen LogP contribution is 2.24.